The molecule has 0 aliphatic carbocycles. The third-order valence-electron chi connectivity index (χ3n) is 4.68. The molecule has 30 heavy (non-hydrogen) atoms. The zero-order valence-electron chi connectivity index (χ0n) is 17.8. The summed E-state index contributed by atoms with van der Waals surface area (Å²) in [6, 6.07) is 16.7. The average Bonchev–Trinajstić information content (AvgIpc) is 3.29. The van der Waals surface area contributed by atoms with Gasteiger partial charge in [-0.25, -0.2) is 0 Å². The van der Waals surface area contributed by atoms with E-state index >= 15 is 0 Å². The van der Waals surface area contributed by atoms with E-state index in [-0.39, 0.29) is 26.5 Å². The fourth-order valence-electron chi connectivity index (χ4n) is 3.04. The van der Waals surface area contributed by atoms with Gasteiger partial charge in [0.1, 0.15) is 0 Å². The molecule has 1 aliphatic heterocycles. The van der Waals surface area contributed by atoms with Crippen LogP contribution in [0.5, 0.6) is 11.5 Å². The molecule has 5 nitrogen and oxygen atoms in total. The van der Waals surface area contributed by atoms with Crippen LogP contribution in [0.1, 0.15) is 26.3 Å². The Hall–Kier alpha value is -2.52. The topological polar surface area (TPSA) is 24.5 Å². The molecule has 3 aromatic rings. The molecule has 0 radical (unpaired) electrons. The number of ether oxygens (including phenoxy) is 1. The second-order valence-electron chi connectivity index (χ2n) is 8.24. The number of aromatic nitrogens is 2. The second kappa shape index (κ2) is 8.69. The van der Waals surface area contributed by atoms with Crippen LogP contribution >= 0.6 is 0 Å². The first-order valence-electron chi connectivity index (χ1n) is 9.56. The fourth-order valence-corrected chi connectivity index (χ4v) is 3.04. The first-order chi connectivity index (χ1) is 13.8. The smallest absolute Gasteiger partial charge is 0.510 e. The van der Waals surface area contributed by atoms with E-state index in [9.17, 15) is 0 Å². The molecule has 0 atom stereocenters. The van der Waals surface area contributed by atoms with E-state index in [1.165, 1.54) is 5.56 Å². The summed E-state index contributed by atoms with van der Waals surface area (Å²) >= 11 is 0. The Morgan fingerprint density at radius 3 is 2.43 bits per heavy atom. The maximum atomic E-state index is 6.19. The first-order valence-corrected chi connectivity index (χ1v) is 9.56. The Morgan fingerprint density at radius 2 is 1.80 bits per heavy atom. The van der Waals surface area contributed by atoms with E-state index in [4.69, 9.17) is 4.74 Å². The summed E-state index contributed by atoms with van der Waals surface area (Å²) in [4.78, 5) is 3.99. The van der Waals surface area contributed by atoms with Gasteiger partial charge in [-0.15, -0.1) is 36.0 Å². The van der Waals surface area contributed by atoms with Gasteiger partial charge in [-0.05, 0) is 24.9 Å². The minimum atomic E-state index is -0.0250. The van der Waals surface area contributed by atoms with Crippen molar-refractivity contribution in [2.75, 3.05) is 11.9 Å². The standard InChI is InChI=1S/C24H25N4O.Pt/c1-24(2,3)19-13-21(28-12-10-26(5)18-28)16-23(14-19)29-22-8-6-7-20(15-22)27-11-9-25(4)17-27;/h6-14,17H,1-5H3;/q-3;+4. The van der Waals surface area contributed by atoms with Crippen molar-refractivity contribution in [1.29, 1.82) is 0 Å². The van der Waals surface area contributed by atoms with Gasteiger partial charge in [0.05, 0.1) is 7.05 Å². The molecule has 2 heterocycles. The van der Waals surface area contributed by atoms with Crippen molar-refractivity contribution in [2.45, 2.75) is 26.2 Å². The SMILES string of the molecule is CN1C=CN(c2[c-]c(Oc3[c-]c(-n4[c-][n+](C)cc4)cc(C(C)(C)C)c3)ccc2)[CH-]1.[Pt+4]. The van der Waals surface area contributed by atoms with Crippen LogP contribution < -0.4 is 14.2 Å². The number of aryl methyl sites for hydroxylation is 1. The third kappa shape index (κ3) is 4.96. The molecule has 0 spiro atoms. The van der Waals surface area contributed by atoms with Crippen molar-refractivity contribution in [2.24, 2.45) is 7.05 Å². The number of nitrogens with zero attached hydrogens (tertiary/aromatic N) is 4. The normalized spacial score (nSPS) is 13.5. The molecule has 4 rings (SSSR count). The number of benzene rings is 2. The molecule has 0 saturated carbocycles. The predicted octanol–water partition coefficient (Wildman–Crippen LogP) is 4.13. The van der Waals surface area contributed by atoms with Crippen molar-refractivity contribution in [1.82, 2.24) is 9.47 Å². The van der Waals surface area contributed by atoms with Gasteiger partial charge in [-0.1, -0.05) is 26.5 Å². The maximum Gasteiger partial charge on any atom is 4.00 e. The van der Waals surface area contributed by atoms with E-state index in [0.717, 1.165) is 11.4 Å². The van der Waals surface area contributed by atoms with Crippen LogP contribution in [0.25, 0.3) is 5.69 Å². The molecule has 0 bridgehead atoms. The van der Waals surface area contributed by atoms with E-state index in [1.54, 1.807) is 0 Å². The molecule has 1 aliphatic rings. The minimum Gasteiger partial charge on any atom is -0.510 e. The van der Waals surface area contributed by atoms with Crippen LogP contribution in [0.15, 0.2) is 55.1 Å². The van der Waals surface area contributed by atoms with Crippen molar-refractivity contribution in [3.05, 3.63) is 85.8 Å². The molecule has 1 aromatic heterocycles. The summed E-state index contributed by atoms with van der Waals surface area (Å²) in [5.74, 6) is 1.30. The van der Waals surface area contributed by atoms with Gasteiger partial charge < -0.3 is 23.7 Å². The summed E-state index contributed by atoms with van der Waals surface area (Å²) in [6.45, 7) is 8.55. The Bertz CT molecular complexity index is 1050. The number of imidazole rings is 1. The van der Waals surface area contributed by atoms with E-state index < -0.39 is 0 Å². The van der Waals surface area contributed by atoms with Gasteiger partial charge >= 0.3 is 21.1 Å². The Labute approximate surface area is 193 Å². The van der Waals surface area contributed by atoms with Crippen LogP contribution in [0.2, 0.25) is 0 Å². The van der Waals surface area contributed by atoms with Gasteiger partial charge in [-0.2, -0.15) is 24.4 Å². The van der Waals surface area contributed by atoms with Gasteiger partial charge in [0, 0.05) is 23.9 Å². The zero-order valence-corrected chi connectivity index (χ0v) is 20.1. The largest absolute Gasteiger partial charge is 4.00 e. The van der Waals surface area contributed by atoms with Crippen LogP contribution in [-0.4, -0.2) is 16.5 Å². The summed E-state index contributed by atoms with van der Waals surface area (Å²) in [5.41, 5.74) is 2.95. The third-order valence-corrected chi connectivity index (χ3v) is 4.68. The summed E-state index contributed by atoms with van der Waals surface area (Å²) in [7, 11) is 3.94. The molecule has 0 amide bonds. The van der Waals surface area contributed by atoms with Crippen molar-refractivity contribution < 1.29 is 30.4 Å². The molecule has 0 fully saturated rings. The summed E-state index contributed by atoms with van der Waals surface area (Å²) in [6.07, 6.45) is 11.1. The zero-order chi connectivity index (χ0) is 20.6. The van der Waals surface area contributed by atoms with Crippen molar-refractivity contribution in [3.8, 4) is 17.2 Å². The van der Waals surface area contributed by atoms with Crippen molar-refractivity contribution in [3.63, 3.8) is 0 Å². The molecule has 0 N–H and O–H groups in total. The molecule has 0 saturated heterocycles. The number of rotatable bonds is 4. The van der Waals surface area contributed by atoms with Crippen LogP contribution in [0, 0.1) is 25.1 Å². The van der Waals surface area contributed by atoms with Gasteiger partial charge in [-0.3, -0.25) is 0 Å². The summed E-state index contributed by atoms with van der Waals surface area (Å²) < 4.78 is 9.99. The van der Waals surface area contributed by atoms with E-state index in [2.05, 4.69) is 45.3 Å². The molecular weight excluding hydrogens is 555 g/mol. The maximum absolute atomic E-state index is 6.19. The van der Waals surface area contributed by atoms with Crippen LogP contribution in [-0.2, 0) is 33.5 Å². The monoisotopic (exact) mass is 580 g/mol. The van der Waals surface area contributed by atoms with Gasteiger partial charge in [0.25, 0.3) is 0 Å². The number of hydrogen-bond acceptors (Lipinski definition) is 3. The predicted molar refractivity (Wildman–Crippen MR) is 112 cm³/mol. The average molecular weight is 581 g/mol. The molecule has 6 heteroatoms. The van der Waals surface area contributed by atoms with Crippen LogP contribution in [0.3, 0.4) is 0 Å². The molecule has 0 unspecified atom stereocenters. The van der Waals surface area contributed by atoms with Gasteiger partial charge in [0.15, 0.2) is 0 Å². The quantitative estimate of drug-likeness (QED) is 0.343. The fraction of sp³-hybridized carbons (Fsp3) is 0.250. The van der Waals surface area contributed by atoms with Crippen molar-refractivity contribution >= 4 is 5.69 Å². The number of hydrogen-bond donors (Lipinski definition) is 0. The Morgan fingerprint density at radius 1 is 1.03 bits per heavy atom. The van der Waals surface area contributed by atoms with E-state index in [0.29, 0.717) is 11.5 Å². The van der Waals surface area contributed by atoms with Crippen LogP contribution in [0.4, 0.5) is 5.69 Å². The molecule has 156 valence electrons. The second-order valence-corrected chi connectivity index (χ2v) is 8.24. The molecular formula is C24H25N4OPt+. The first kappa shape index (κ1) is 22.2. The minimum absolute atomic E-state index is 0. The summed E-state index contributed by atoms with van der Waals surface area (Å²) in [5, 5.41) is 0. The molecule has 2 aromatic carbocycles. The number of anilines is 1. The van der Waals surface area contributed by atoms with E-state index in [1.807, 2.05) is 88.8 Å². The van der Waals surface area contributed by atoms with Gasteiger partial charge in [0.2, 0.25) is 6.33 Å². The Balaban J connectivity index is 0.00000256. The Kier molecular flexibility index (Phi) is 6.42.